The predicted octanol–water partition coefficient (Wildman–Crippen LogP) is 3.22. The van der Waals surface area contributed by atoms with Crippen molar-refractivity contribution in [2.75, 3.05) is 46.6 Å². The lowest BCUT2D eigenvalue weighted by atomic mass is 9.73. The second-order valence-electron chi connectivity index (χ2n) is 8.81. The number of benzene rings is 1. The average Bonchev–Trinajstić information content (AvgIpc) is 3.22. The van der Waals surface area contributed by atoms with Gasteiger partial charge in [-0.2, -0.15) is 0 Å². The summed E-state index contributed by atoms with van der Waals surface area (Å²) < 4.78 is 17.3. The number of halogens is 1. The quantitative estimate of drug-likeness (QED) is 0.734. The average molecular weight is 425 g/mol. The summed E-state index contributed by atoms with van der Waals surface area (Å²) in [5, 5.41) is 7.69. The van der Waals surface area contributed by atoms with Crippen LogP contribution in [0.15, 0.2) is 18.2 Å². The van der Waals surface area contributed by atoms with Crippen molar-refractivity contribution in [3.05, 3.63) is 29.3 Å². The molecule has 1 aromatic carbocycles. The van der Waals surface area contributed by atoms with Gasteiger partial charge in [0.15, 0.2) is 0 Å². The number of morpholine rings is 1. The highest BCUT2D eigenvalue weighted by Crippen LogP contribution is 2.41. The largest absolute Gasteiger partial charge is 0.496 e. The Balaban J connectivity index is 0.00000240. The van der Waals surface area contributed by atoms with Crippen molar-refractivity contribution in [3.8, 4) is 5.75 Å². The number of rotatable bonds is 6. The van der Waals surface area contributed by atoms with Crippen LogP contribution in [-0.2, 0) is 14.9 Å². The van der Waals surface area contributed by atoms with Crippen LogP contribution in [0.25, 0.3) is 0 Å². The summed E-state index contributed by atoms with van der Waals surface area (Å²) in [4.78, 5) is 0. The summed E-state index contributed by atoms with van der Waals surface area (Å²) in [6, 6.07) is 7.66. The fraction of sp³-hybridized carbons (Fsp3) is 0.739. The van der Waals surface area contributed by atoms with Crippen molar-refractivity contribution in [2.24, 2.45) is 5.92 Å². The molecular weight excluding hydrogens is 388 g/mol. The van der Waals surface area contributed by atoms with Gasteiger partial charge in [0.1, 0.15) is 5.75 Å². The van der Waals surface area contributed by atoms with Crippen molar-refractivity contribution < 1.29 is 14.2 Å². The lowest BCUT2D eigenvalue weighted by Crippen LogP contribution is -2.53. The zero-order chi connectivity index (χ0) is 19.4. The van der Waals surface area contributed by atoms with Gasteiger partial charge in [-0.1, -0.05) is 24.1 Å². The third kappa shape index (κ3) is 5.08. The number of hydrogen-bond donors (Lipinski definition) is 2. The maximum atomic E-state index is 5.77. The first kappa shape index (κ1) is 22.8. The maximum Gasteiger partial charge on any atom is 0.122 e. The molecule has 0 aromatic heterocycles. The normalized spacial score (nSPS) is 29.2. The highest BCUT2D eigenvalue weighted by atomic mass is 35.5. The van der Waals surface area contributed by atoms with Gasteiger partial charge in [0.2, 0.25) is 0 Å². The third-order valence-electron chi connectivity index (χ3n) is 7.12. The second kappa shape index (κ2) is 10.5. The van der Waals surface area contributed by atoms with Gasteiger partial charge in [0, 0.05) is 49.4 Å². The number of hydrogen-bond acceptors (Lipinski definition) is 5. The Morgan fingerprint density at radius 3 is 2.72 bits per heavy atom. The van der Waals surface area contributed by atoms with Gasteiger partial charge in [-0.15, -0.1) is 12.4 Å². The third-order valence-corrected chi connectivity index (χ3v) is 7.12. The summed E-state index contributed by atoms with van der Waals surface area (Å²) in [7, 11) is 1.79. The molecule has 2 heterocycles. The monoisotopic (exact) mass is 424 g/mol. The standard InChI is InChI=1S/C23H36N2O3.ClH/c1-17-6-7-22(26-2)19(14-17)23(8-11-27-12-9-23)16-25-20-5-3-4-18(20)21-15-28-13-10-24-21;/h6-7,14,18,20-21,24-25H,3-5,8-13,15-16H2,1-2H3;1H. The molecular formula is C23H37ClN2O3. The molecule has 4 rings (SSSR count). The van der Waals surface area contributed by atoms with Crippen LogP contribution in [0.5, 0.6) is 5.75 Å². The van der Waals surface area contributed by atoms with E-state index in [2.05, 4.69) is 35.8 Å². The molecule has 3 unspecified atom stereocenters. The minimum atomic E-state index is 0. The molecule has 3 atom stereocenters. The van der Waals surface area contributed by atoms with Crippen molar-refractivity contribution in [3.63, 3.8) is 0 Å². The molecule has 1 saturated carbocycles. The first-order valence-corrected chi connectivity index (χ1v) is 11.0. The molecule has 5 nitrogen and oxygen atoms in total. The van der Waals surface area contributed by atoms with Crippen molar-refractivity contribution in [1.29, 1.82) is 0 Å². The Morgan fingerprint density at radius 1 is 1.17 bits per heavy atom. The van der Waals surface area contributed by atoms with Crippen molar-refractivity contribution >= 4 is 12.4 Å². The first-order chi connectivity index (χ1) is 13.7. The molecule has 0 bridgehead atoms. The minimum Gasteiger partial charge on any atom is -0.496 e. The summed E-state index contributed by atoms with van der Waals surface area (Å²) in [6.07, 6.45) is 5.96. The summed E-state index contributed by atoms with van der Waals surface area (Å²) in [5.74, 6) is 1.68. The topological polar surface area (TPSA) is 51.8 Å². The SMILES string of the molecule is COc1ccc(C)cc1C1(CNC2CCCC2C2COCCN2)CCOCC1.Cl. The number of methoxy groups -OCH3 is 1. The maximum absolute atomic E-state index is 5.77. The van der Waals surface area contributed by atoms with E-state index in [0.717, 1.165) is 58.1 Å². The summed E-state index contributed by atoms with van der Waals surface area (Å²) >= 11 is 0. The lowest BCUT2D eigenvalue weighted by molar-refractivity contribution is 0.0413. The van der Waals surface area contributed by atoms with Crippen LogP contribution in [0, 0.1) is 12.8 Å². The molecule has 2 aliphatic heterocycles. The summed E-state index contributed by atoms with van der Waals surface area (Å²) in [5.41, 5.74) is 2.72. The molecule has 1 aromatic rings. The van der Waals surface area contributed by atoms with Gasteiger partial charge in [-0.3, -0.25) is 0 Å². The first-order valence-electron chi connectivity index (χ1n) is 11.0. The van der Waals surface area contributed by atoms with Crippen molar-refractivity contribution in [2.45, 2.75) is 56.5 Å². The molecule has 2 N–H and O–H groups in total. The van der Waals surface area contributed by atoms with Gasteiger partial charge in [-0.05, 0) is 44.6 Å². The van der Waals surface area contributed by atoms with Crippen LogP contribution in [0.4, 0.5) is 0 Å². The molecule has 6 heteroatoms. The van der Waals surface area contributed by atoms with E-state index in [4.69, 9.17) is 14.2 Å². The predicted molar refractivity (Wildman–Crippen MR) is 118 cm³/mol. The molecule has 0 spiro atoms. The fourth-order valence-electron chi connectivity index (χ4n) is 5.45. The van der Waals surface area contributed by atoms with Crippen LogP contribution in [0.1, 0.15) is 43.2 Å². The van der Waals surface area contributed by atoms with Crippen LogP contribution in [-0.4, -0.2) is 58.7 Å². The molecule has 3 aliphatic rings. The van der Waals surface area contributed by atoms with Gasteiger partial charge >= 0.3 is 0 Å². The van der Waals surface area contributed by atoms with Gasteiger partial charge in [0.25, 0.3) is 0 Å². The van der Waals surface area contributed by atoms with Crippen molar-refractivity contribution in [1.82, 2.24) is 10.6 Å². The lowest BCUT2D eigenvalue weighted by Gasteiger charge is -2.41. The molecule has 1 aliphatic carbocycles. The Kier molecular flexibility index (Phi) is 8.23. The van der Waals surface area contributed by atoms with Gasteiger partial charge in [-0.25, -0.2) is 0 Å². The van der Waals surface area contributed by atoms with Crippen LogP contribution >= 0.6 is 12.4 Å². The Bertz CT molecular complexity index is 645. The van der Waals surface area contributed by atoms with E-state index in [0.29, 0.717) is 18.0 Å². The van der Waals surface area contributed by atoms with E-state index in [9.17, 15) is 0 Å². The minimum absolute atomic E-state index is 0. The Morgan fingerprint density at radius 2 is 2.00 bits per heavy atom. The zero-order valence-electron chi connectivity index (χ0n) is 17.9. The molecule has 2 saturated heterocycles. The van der Waals surface area contributed by atoms with E-state index in [1.807, 2.05) is 0 Å². The highest BCUT2D eigenvalue weighted by molar-refractivity contribution is 5.85. The second-order valence-corrected chi connectivity index (χ2v) is 8.81. The Labute approximate surface area is 181 Å². The fourth-order valence-corrected chi connectivity index (χ4v) is 5.45. The van der Waals surface area contributed by atoms with Crippen LogP contribution < -0.4 is 15.4 Å². The summed E-state index contributed by atoms with van der Waals surface area (Å²) in [6.45, 7) is 7.49. The van der Waals surface area contributed by atoms with Crippen LogP contribution in [0.3, 0.4) is 0 Å². The number of aryl methyl sites for hydroxylation is 1. The molecule has 0 radical (unpaired) electrons. The van der Waals surface area contributed by atoms with E-state index in [1.54, 1.807) is 7.11 Å². The number of ether oxygens (including phenoxy) is 3. The molecule has 3 fully saturated rings. The van der Waals surface area contributed by atoms with Gasteiger partial charge < -0.3 is 24.8 Å². The number of nitrogens with one attached hydrogen (secondary N) is 2. The highest BCUT2D eigenvalue weighted by Gasteiger charge is 2.40. The molecule has 164 valence electrons. The van der Waals surface area contributed by atoms with Crippen LogP contribution in [0.2, 0.25) is 0 Å². The zero-order valence-corrected chi connectivity index (χ0v) is 18.7. The van der Waals surface area contributed by atoms with E-state index < -0.39 is 0 Å². The van der Waals surface area contributed by atoms with Gasteiger partial charge in [0.05, 0.1) is 20.3 Å². The van der Waals surface area contributed by atoms with E-state index >= 15 is 0 Å². The smallest absolute Gasteiger partial charge is 0.122 e. The molecule has 29 heavy (non-hydrogen) atoms. The van der Waals surface area contributed by atoms with E-state index in [-0.39, 0.29) is 17.8 Å². The molecule has 0 amide bonds. The Hall–Kier alpha value is -0.850. The van der Waals surface area contributed by atoms with E-state index in [1.165, 1.54) is 30.4 Å².